The van der Waals surface area contributed by atoms with Gasteiger partial charge < -0.3 is 15.0 Å². The number of ether oxygens (including phenoxy) is 1. The van der Waals surface area contributed by atoms with E-state index in [-0.39, 0.29) is 24.0 Å². The fraction of sp³-hybridized carbons (Fsp3) is 0.579. The van der Waals surface area contributed by atoms with E-state index in [0.29, 0.717) is 31.9 Å². The van der Waals surface area contributed by atoms with Crippen molar-refractivity contribution in [3.05, 3.63) is 28.7 Å². The number of halogens is 1. The molecule has 1 aliphatic heterocycles. The van der Waals surface area contributed by atoms with Crippen LogP contribution in [0.5, 0.6) is 5.75 Å². The first-order valence-electron chi connectivity index (χ1n) is 8.92. The van der Waals surface area contributed by atoms with Crippen LogP contribution in [0.1, 0.15) is 27.2 Å². The summed E-state index contributed by atoms with van der Waals surface area (Å²) in [5, 5.41) is 2.98. The van der Waals surface area contributed by atoms with Crippen LogP contribution in [0.15, 0.2) is 28.7 Å². The Morgan fingerprint density at radius 1 is 1.12 bits per heavy atom. The van der Waals surface area contributed by atoms with E-state index in [4.69, 9.17) is 4.74 Å². The van der Waals surface area contributed by atoms with Crippen molar-refractivity contribution in [3.63, 3.8) is 0 Å². The summed E-state index contributed by atoms with van der Waals surface area (Å²) in [4.78, 5) is 28.4. The van der Waals surface area contributed by atoms with Crippen LogP contribution in [0.4, 0.5) is 0 Å². The van der Waals surface area contributed by atoms with Gasteiger partial charge >= 0.3 is 0 Å². The van der Waals surface area contributed by atoms with Gasteiger partial charge in [0.1, 0.15) is 5.75 Å². The Hall–Kier alpha value is -1.60. The van der Waals surface area contributed by atoms with Crippen molar-refractivity contribution in [1.82, 2.24) is 15.1 Å². The van der Waals surface area contributed by atoms with Gasteiger partial charge in [-0.25, -0.2) is 0 Å². The SMILES string of the molecule is CC(C)(C)NC(=O)CN1CCCN(C(=O)COc2ccc(Br)cc2)CC1. The molecule has 1 aromatic rings. The first kappa shape index (κ1) is 20.7. The van der Waals surface area contributed by atoms with E-state index in [0.717, 1.165) is 17.4 Å². The predicted octanol–water partition coefficient (Wildman–Crippen LogP) is 2.28. The largest absolute Gasteiger partial charge is 0.484 e. The Bertz CT molecular complexity index is 613. The summed E-state index contributed by atoms with van der Waals surface area (Å²) < 4.78 is 6.54. The van der Waals surface area contributed by atoms with E-state index < -0.39 is 0 Å². The van der Waals surface area contributed by atoms with Crippen LogP contribution in [0.25, 0.3) is 0 Å². The average molecular weight is 426 g/mol. The lowest BCUT2D eigenvalue weighted by Gasteiger charge is -2.25. The Kier molecular flexibility index (Phi) is 7.46. The van der Waals surface area contributed by atoms with Crippen molar-refractivity contribution in [2.75, 3.05) is 39.3 Å². The molecular weight excluding hydrogens is 398 g/mol. The molecule has 1 N–H and O–H groups in total. The number of carbonyl (C=O) groups excluding carboxylic acids is 2. The van der Waals surface area contributed by atoms with Crippen molar-refractivity contribution in [2.24, 2.45) is 0 Å². The highest BCUT2D eigenvalue weighted by atomic mass is 79.9. The zero-order valence-electron chi connectivity index (χ0n) is 15.8. The minimum Gasteiger partial charge on any atom is -0.484 e. The minimum absolute atomic E-state index is 0.0195. The molecule has 1 aromatic carbocycles. The molecule has 6 nitrogen and oxygen atoms in total. The van der Waals surface area contributed by atoms with Gasteiger partial charge in [-0.3, -0.25) is 14.5 Å². The van der Waals surface area contributed by atoms with E-state index in [9.17, 15) is 9.59 Å². The number of benzene rings is 1. The zero-order valence-corrected chi connectivity index (χ0v) is 17.3. The zero-order chi connectivity index (χ0) is 19.2. The van der Waals surface area contributed by atoms with E-state index >= 15 is 0 Å². The number of hydrogen-bond donors (Lipinski definition) is 1. The van der Waals surface area contributed by atoms with Gasteiger partial charge in [0.05, 0.1) is 6.54 Å². The molecule has 1 aliphatic rings. The second kappa shape index (κ2) is 9.37. The van der Waals surface area contributed by atoms with Crippen molar-refractivity contribution in [2.45, 2.75) is 32.7 Å². The topological polar surface area (TPSA) is 61.9 Å². The third kappa shape index (κ3) is 7.33. The summed E-state index contributed by atoms with van der Waals surface area (Å²) >= 11 is 3.37. The number of amides is 2. The maximum atomic E-state index is 12.4. The lowest BCUT2D eigenvalue weighted by molar-refractivity contribution is -0.133. The summed E-state index contributed by atoms with van der Waals surface area (Å²) in [5.74, 6) is 0.682. The molecule has 0 spiro atoms. The van der Waals surface area contributed by atoms with Gasteiger partial charge in [0.25, 0.3) is 5.91 Å². The molecule has 2 amide bonds. The van der Waals surface area contributed by atoms with Crippen LogP contribution >= 0.6 is 15.9 Å². The number of nitrogens with one attached hydrogen (secondary N) is 1. The maximum Gasteiger partial charge on any atom is 0.260 e. The molecule has 1 heterocycles. The van der Waals surface area contributed by atoms with Crippen molar-refractivity contribution in [3.8, 4) is 5.75 Å². The molecule has 1 fully saturated rings. The van der Waals surface area contributed by atoms with E-state index in [1.165, 1.54) is 0 Å². The molecule has 0 atom stereocenters. The molecule has 0 saturated carbocycles. The maximum absolute atomic E-state index is 12.4. The lowest BCUT2D eigenvalue weighted by Crippen LogP contribution is -2.46. The van der Waals surface area contributed by atoms with Gasteiger partial charge in [-0.2, -0.15) is 0 Å². The third-order valence-corrected chi connectivity index (χ3v) is 4.53. The fourth-order valence-corrected chi connectivity index (χ4v) is 3.07. The van der Waals surface area contributed by atoms with Gasteiger partial charge in [-0.1, -0.05) is 15.9 Å². The molecule has 1 saturated heterocycles. The smallest absolute Gasteiger partial charge is 0.260 e. The van der Waals surface area contributed by atoms with Gasteiger partial charge in [0.15, 0.2) is 6.61 Å². The fourth-order valence-electron chi connectivity index (χ4n) is 2.81. The number of carbonyl (C=O) groups is 2. The van der Waals surface area contributed by atoms with Crippen LogP contribution in [0.3, 0.4) is 0 Å². The van der Waals surface area contributed by atoms with E-state index in [2.05, 4.69) is 26.1 Å². The molecule has 0 unspecified atom stereocenters. The molecule has 144 valence electrons. The highest BCUT2D eigenvalue weighted by molar-refractivity contribution is 9.10. The first-order chi connectivity index (χ1) is 12.2. The van der Waals surface area contributed by atoms with Crippen molar-refractivity contribution >= 4 is 27.7 Å². The molecule has 26 heavy (non-hydrogen) atoms. The van der Waals surface area contributed by atoms with E-state index in [1.54, 1.807) is 0 Å². The van der Waals surface area contributed by atoms with Crippen LogP contribution < -0.4 is 10.1 Å². The first-order valence-corrected chi connectivity index (χ1v) is 9.72. The third-order valence-electron chi connectivity index (χ3n) is 4.00. The normalized spacial score (nSPS) is 16.1. The Balaban J connectivity index is 1.77. The monoisotopic (exact) mass is 425 g/mol. The highest BCUT2D eigenvalue weighted by Gasteiger charge is 2.22. The highest BCUT2D eigenvalue weighted by Crippen LogP contribution is 2.16. The van der Waals surface area contributed by atoms with Crippen molar-refractivity contribution in [1.29, 1.82) is 0 Å². The summed E-state index contributed by atoms with van der Waals surface area (Å²) in [7, 11) is 0. The second-order valence-electron chi connectivity index (χ2n) is 7.55. The molecular formula is C19H28BrN3O3. The Morgan fingerprint density at radius 2 is 1.81 bits per heavy atom. The predicted molar refractivity (Wildman–Crippen MR) is 105 cm³/mol. The van der Waals surface area contributed by atoms with Crippen LogP contribution in [0.2, 0.25) is 0 Å². The standard InChI is InChI=1S/C19H28BrN3O3/c1-19(2,3)21-17(24)13-22-9-4-10-23(12-11-22)18(25)14-26-16-7-5-15(20)6-8-16/h5-8H,4,9-14H2,1-3H3,(H,21,24). The molecule has 0 bridgehead atoms. The average Bonchev–Trinajstić information content (AvgIpc) is 2.78. The van der Waals surface area contributed by atoms with Gasteiger partial charge in [-0.15, -0.1) is 0 Å². The number of hydrogen-bond acceptors (Lipinski definition) is 4. The lowest BCUT2D eigenvalue weighted by atomic mass is 10.1. The molecule has 7 heteroatoms. The second-order valence-corrected chi connectivity index (χ2v) is 8.47. The van der Waals surface area contributed by atoms with Crippen LogP contribution in [-0.4, -0.2) is 66.5 Å². The Morgan fingerprint density at radius 3 is 2.46 bits per heavy atom. The number of rotatable bonds is 5. The molecule has 0 aliphatic carbocycles. The molecule has 0 aromatic heterocycles. The van der Waals surface area contributed by atoms with Gasteiger partial charge in [0, 0.05) is 36.2 Å². The van der Waals surface area contributed by atoms with Crippen LogP contribution in [0, 0.1) is 0 Å². The van der Waals surface area contributed by atoms with Crippen LogP contribution in [-0.2, 0) is 9.59 Å². The van der Waals surface area contributed by atoms with Crippen molar-refractivity contribution < 1.29 is 14.3 Å². The summed E-state index contributed by atoms with van der Waals surface area (Å²) in [5.41, 5.74) is -0.227. The summed E-state index contributed by atoms with van der Waals surface area (Å²) in [6.07, 6.45) is 0.854. The van der Waals surface area contributed by atoms with Gasteiger partial charge in [-0.05, 0) is 51.5 Å². The quantitative estimate of drug-likeness (QED) is 0.785. The summed E-state index contributed by atoms with van der Waals surface area (Å²) in [6.45, 7) is 9.14. The van der Waals surface area contributed by atoms with Gasteiger partial charge in [0.2, 0.25) is 5.91 Å². The number of nitrogens with zero attached hydrogens (tertiary/aromatic N) is 2. The van der Waals surface area contributed by atoms with E-state index in [1.807, 2.05) is 49.9 Å². The molecule has 2 rings (SSSR count). The Labute approximate surface area is 164 Å². The molecule has 0 radical (unpaired) electrons. The minimum atomic E-state index is -0.227. The summed E-state index contributed by atoms with van der Waals surface area (Å²) in [6, 6.07) is 7.42.